The second kappa shape index (κ2) is 9.43. The summed E-state index contributed by atoms with van der Waals surface area (Å²) >= 11 is 1.72. The van der Waals surface area contributed by atoms with Gasteiger partial charge in [-0.2, -0.15) is 0 Å². The van der Waals surface area contributed by atoms with Crippen molar-refractivity contribution in [2.75, 3.05) is 6.54 Å². The smallest absolute Gasteiger partial charge is 0.233 e. The fraction of sp³-hybridized carbons (Fsp3) is 0.588. The molecule has 0 saturated heterocycles. The van der Waals surface area contributed by atoms with E-state index in [1.807, 2.05) is 18.2 Å². The zero-order chi connectivity index (χ0) is 15.2. The standard InChI is InChI=1S/C17H26N2OS.ClH/c1-12(2)16(21-11-13-6-4-3-5-7-13)17(20)19-15(10-18)14-8-9-14;/h3-7,12,14-16H,8-11,18H2,1-2H3,(H,19,20);1H. The Hall–Kier alpha value is -0.710. The first-order chi connectivity index (χ1) is 10.1. The van der Waals surface area contributed by atoms with Gasteiger partial charge in [0.1, 0.15) is 0 Å². The van der Waals surface area contributed by atoms with Gasteiger partial charge in [-0.05, 0) is 30.2 Å². The Morgan fingerprint density at radius 3 is 2.45 bits per heavy atom. The summed E-state index contributed by atoms with van der Waals surface area (Å²) in [7, 11) is 0. The summed E-state index contributed by atoms with van der Waals surface area (Å²) in [5, 5.41) is 3.15. The third kappa shape index (κ3) is 5.82. The van der Waals surface area contributed by atoms with Crippen LogP contribution >= 0.6 is 24.2 Å². The lowest BCUT2D eigenvalue weighted by Crippen LogP contribution is -2.46. The van der Waals surface area contributed by atoms with Crippen LogP contribution in [0.1, 0.15) is 32.3 Å². The number of rotatable bonds is 8. The lowest BCUT2D eigenvalue weighted by Gasteiger charge is -2.24. The third-order valence-corrected chi connectivity index (χ3v) is 5.53. The van der Waals surface area contributed by atoms with Crippen LogP contribution in [0.15, 0.2) is 30.3 Å². The molecule has 5 heteroatoms. The Morgan fingerprint density at radius 2 is 1.95 bits per heavy atom. The van der Waals surface area contributed by atoms with Gasteiger partial charge >= 0.3 is 0 Å². The first-order valence-electron chi connectivity index (χ1n) is 7.77. The summed E-state index contributed by atoms with van der Waals surface area (Å²) in [4.78, 5) is 12.5. The van der Waals surface area contributed by atoms with Crippen LogP contribution in [0.5, 0.6) is 0 Å². The number of nitrogens with two attached hydrogens (primary N) is 1. The average molecular weight is 343 g/mol. The van der Waals surface area contributed by atoms with Gasteiger partial charge in [-0.3, -0.25) is 4.79 Å². The van der Waals surface area contributed by atoms with Crippen molar-refractivity contribution in [1.29, 1.82) is 0 Å². The topological polar surface area (TPSA) is 55.1 Å². The van der Waals surface area contributed by atoms with Crippen molar-refractivity contribution < 1.29 is 4.79 Å². The zero-order valence-electron chi connectivity index (χ0n) is 13.3. The number of benzene rings is 1. The monoisotopic (exact) mass is 342 g/mol. The van der Waals surface area contributed by atoms with Gasteiger partial charge in [0.15, 0.2) is 0 Å². The molecule has 3 N–H and O–H groups in total. The van der Waals surface area contributed by atoms with Crippen molar-refractivity contribution in [3.63, 3.8) is 0 Å². The Labute approximate surface area is 144 Å². The Morgan fingerprint density at radius 1 is 1.32 bits per heavy atom. The number of nitrogens with one attached hydrogen (secondary N) is 1. The highest BCUT2D eigenvalue weighted by Gasteiger charge is 2.33. The lowest BCUT2D eigenvalue weighted by molar-refractivity contribution is -0.122. The van der Waals surface area contributed by atoms with Crippen LogP contribution in [0, 0.1) is 11.8 Å². The highest BCUT2D eigenvalue weighted by molar-refractivity contribution is 7.99. The van der Waals surface area contributed by atoms with Crippen molar-refractivity contribution in [3.05, 3.63) is 35.9 Å². The largest absolute Gasteiger partial charge is 0.351 e. The molecule has 2 rings (SSSR count). The zero-order valence-corrected chi connectivity index (χ0v) is 15.0. The van der Waals surface area contributed by atoms with E-state index in [0.717, 1.165) is 5.75 Å². The second-order valence-corrected chi connectivity index (χ2v) is 7.28. The van der Waals surface area contributed by atoms with Crippen molar-refractivity contribution in [3.8, 4) is 0 Å². The molecule has 1 amide bonds. The van der Waals surface area contributed by atoms with E-state index >= 15 is 0 Å². The van der Waals surface area contributed by atoms with Gasteiger partial charge in [-0.1, -0.05) is 44.2 Å². The Bertz CT molecular complexity index is 451. The second-order valence-electron chi connectivity index (χ2n) is 6.15. The third-order valence-electron chi connectivity index (χ3n) is 3.91. The number of hydrogen-bond acceptors (Lipinski definition) is 3. The van der Waals surface area contributed by atoms with Gasteiger partial charge in [0.2, 0.25) is 5.91 Å². The number of carbonyl (C=O) groups excluding carboxylic acids is 1. The predicted octanol–water partition coefficient (Wildman–Crippen LogP) is 3.22. The molecule has 1 aromatic rings. The van der Waals surface area contributed by atoms with Crippen molar-refractivity contribution in [1.82, 2.24) is 5.32 Å². The van der Waals surface area contributed by atoms with Gasteiger partial charge in [0.25, 0.3) is 0 Å². The van der Waals surface area contributed by atoms with E-state index < -0.39 is 0 Å². The summed E-state index contributed by atoms with van der Waals surface area (Å²) in [5.41, 5.74) is 7.04. The SMILES string of the molecule is CC(C)C(SCc1ccccc1)C(=O)NC(CN)C1CC1.Cl. The molecule has 0 aliphatic heterocycles. The van der Waals surface area contributed by atoms with Gasteiger partial charge < -0.3 is 11.1 Å². The van der Waals surface area contributed by atoms with Gasteiger partial charge in [-0.15, -0.1) is 24.2 Å². The molecule has 1 fully saturated rings. The van der Waals surface area contributed by atoms with E-state index in [1.54, 1.807) is 11.8 Å². The van der Waals surface area contributed by atoms with E-state index in [-0.39, 0.29) is 29.6 Å². The quantitative estimate of drug-likeness (QED) is 0.762. The molecule has 1 saturated carbocycles. The number of carbonyl (C=O) groups is 1. The number of hydrogen-bond donors (Lipinski definition) is 2. The van der Waals surface area contributed by atoms with E-state index in [0.29, 0.717) is 18.4 Å². The summed E-state index contributed by atoms with van der Waals surface area (Å²) in [6, 6.07) is 10.5. The van der Waals surface area contributed by atoms with Crippen molar-refractivity contribution in [2.24, 2.45) is 17.6 Å². The first-order valence-corrected chi connectivity index (χ1v) is 8.82. The molecular weight excluding hydrogens is 316 g/mol. The molecule has 1 aliphatic carbocycles. The highest BCUT2D eigenvalue weighted by atomic mass is 35.5. The summed E-state index contributed by atoms with van der Waals surface area (Å²) < 4.78 is 0. The van der Waals surface area contributed by atoms with Gasteiger partial charge in [-0.25, -0.2) is 0 Å². The van der Waals surface area contributed by atoms with Crippen LogP contribution in [-0.2, 0) is 10.5 Å². The molecule has 3 nitrogen and oxygen atoms in total. The molecule has 0 spiro atoms. The molecule has 0 heterocycles. The van der Waals surface area contributed by atoms with Crippen LogP contribution < -0.4 is 11.1 Å². The van der Waals surface area contributed by atoms with Gasteiger partial charge in [0, 0.05) is 18.3 Å². The number of halogens is 1. The first kappa shape index (κ1) is 19.3. The van der Waals surface area contributed by atoms with Gasteiger partial charge in [0.05, 0.1) is 5.25 Å². The molecule has 2 atom stereocenters. The van der Waals surface area contributed by atoms with E-state index in [2.05, 4.69) is 31.3 Å². The molecular formula is C17H27ClN2OS. The van der Waals surface area contributed by atoms with Crippen LogP contribution in [0.25, 0.3) is 0 Å². The van der Waals surface area contributed by atoms with Crippen molar-refractivity contribution in [2.45, 2.75) is 43.7 Å². The summed E-state index contributed by atoms with van der Waals surface area (Å²) in [6.07, 6.45) is 2.40. The Balaban J connectivity index is 0.00000242. The molecule has 0 aromatic heterocycles. The fourth-order valence-electron chi connectivity index (χ4n) is 2.46. The minimum absolute atomic E-state index is 0. The molecule has 1 aliphatic rings. The van der Waals surface area contributed by atoms with E-state index in [9.17, 15) is 4.79 Å². The highest BCUT2D eigenvalue weighted by Crippen LogP contribution is 2.33. The summed E-state index contributed by atoms with van der Waals surface area (Å²) in [6.45, 7) is 4.76. The van der Waals surface area contributed by atoms with Crippen LogP contribution in [0.3, 0.4) is 0 Å². The number of thioether (sulfide) groups is 1. The summed E-state index contributed by atoms with van der Waals surface area (Å²) in [5.74, 6) is 1.93. The molecule has 124 valence electrons. The lowest BCUT2D eigenvalue weighted by atomic mass is 10.1. The molecule has 1 aromatic carbocycles. The predicted molar refractivity (Wildman–Crippen MR) is 97.3 cm³/mol. The molecule has 22 heavy (non-hydrogen) atoms. The maximum atomic E-state index is 12.5. The normalized spacial score (nSPS) is 16.7. The van der Waals surface area contributed by atoms with Crippen molar-refractivity contribution >= 4 is 30.1 Å². The Kier molecular flexibility index (Phi) is 8.29. The van der Waals surface area contributed by atoms with Crippen LogP contribution in [0.2, 0.25) is 0 Å². The maximum Gasteiger partial charge on any atom is 0.233 e. The maximum absolute atomic E-state index is 12.5. The van der Waals surface area contributed by atoms with Crippen LogP contribution in [-0.4, -0.2) is 23.7 Å². The van der Waals surface area contributed by atoms with E-state index in [1.165, 1.54) is 18.4 Å². The molecule has 2 unspecified atom stereocenters. The van der Waals surface area contributed by atoms with Crippen LogP contribution in [0.4, 0.5) is 0 Å². The minimum atomic E-state index is -0.0157. The minimum Gasteiger partial charge on any atom is -0.351 e. The molecule has 0 bridgehead atoms. The average Bonchev–Trinajstić information content (AvgIpc) is 3.30. The number of amides is 1. The molecule has 0 radical (unpaired) electrons. The van der Waals surface area contributed by atoms with E-state index in [4.69, 9.17) is 5.73 Å². The fourth-order valence-corrected chi connectivity index (χ4v) is 3.63.